The van der Waals surface area contributed by atoms with Crippen LogP contribution in [0.5, 0.6) is 0 Å². The van der Waals surface area contributed by atoms with Gasteiger partial charge in [-0.3, -0.25) is 9.82 Å². The van der Waals surface area contributed by atoms with Gasteiger partial charge >= 0.3 is 0 Å². The Labute approximate surface area is 168 Å². The maximum atomic E-state index is 12.9. The zero-order valence-electron chi connectivity index (χ0n) is 15.9. The van der Waals surface area contributed by atoms with Crippen LogP contribution >= 0.6 is 0 Å². The lowest BCUT2D eigenvalue weighted by atomic mass is 10.1. The number of aromatic amines is 1. The van der Waals surface area contributed by atoms with Crippen molar-refractivity contribution < 1.29 is 8.42 Å². The Morgan fingerprint density at radius 1 is 1.03 bits per heavy atom. The largest absolute Gasteiger partial charge is 0.279 e. The molecule has 9 heteroatoms. The highest BCUT2D eigenvalue weighted by molar-refractivity contribution is 7.92. The van der Waals surface area contributed by atoms with Gasteiger partial charge in [-0.05, 0) is 24.3 Å². The maximum absolute atomic E-state index is 12.9. The minimum Gasteiger partial charge on any atom is -0.279 e. The quantitative estimate of drug-likeness (QED) is 0.507. The molecule has 0 saturated carbocycles. The van der Waals surface area contributed by atoms with E-state index >= 15 is 0 Å². The van der Waals surface area contributed by atoms with Gasteiger partial charge in [0.15, 0.2) is 5.82 Å². The highest BCUT2D eigenvalue weighted by atomic mass is 32.2. The van der Waals surface area contributed by atoms with Gasteiger partial charge in [-0.15, -0.1) is 0 Å². The predicted molar refractivity (Wildman–Crippen MR) is 110 cm³/mol. The van der Waals surface area contributed by atoms with Crippen LogP contribution < -0.4 is 4.72 Å². The smallest absolute Gasteiger partial charge is 0.265 e. The van der Waals surface area contributed by atoms with E-state index in [1.165, 1.54) is 17.1 Å². The molecule has 2 N–H and O–H groups in total. The Bertz CT molecular complexity index is 1230. The molecule has 4 aromatic rings. The lowest BCUT2D eigenvalue weighted by molar-refractivity contribution is 0.601. The summed E-state index contributed by atoms with van der Waals surface area (Å²) in [5.41, 5.74) is 1.76. The average molecular weight is 408 g/mol. The van der Waals surface area contributed by atoms with E-state index in [9.17, 15) is 8.42 Å². The average Bonchev–Trinajstić information content (AvgIpc) is 3.39. The highest BCUT2D eigenvalue weighted by Gasteiger charge is 2.20. The topological polar surface area (TPSA) is 106 Å². The van der Waals surface area contributed by atoms with Crippen LogP contribution in [0, 0.1) is 0 Å². The van der Waals surface area contributed by atoms with E-state index in [0.717, 1.165) is 11.5 Å². The fraction of sp³-hybridized carbons (Fsp3) is 0.150. The first-order chi connectivity index (χ1) is 13.9. The summed E-state index contributed by atoms with van der Waals surface area (Å²) in [5, 5.41) is 11.3. The Kier molecular flexibility index (Phi) is 4.89. The molecule has 0 aliphatic rings. The minimum absolute atomic E-state index is 0.0639. The molecule has 0 amide bonds. The molecule has 0 aliphatic heterocycles. The van der Waals surface area contributed by atoms with Crippen molar-refractivity contribution in [2.45, 2.75) is 24.7 Å². The first-order valence-corrected chi connectivity index (χ1v) is 10.6. The van der Waals surface area contributed by atoms with E-state index in [4.69, 9.17) is 0 Å². The molecule has 0 bridgehead atoms. The van der Waals surface area contributed by atoms with Crippen LogP contribution in [-0.2, 0) is 10.0 Å². The van der Waals surface area contributed by atoms with Crippen LogP contribution in [0.25, 0.3) is 17.1 Å². The molecule has 0 spiro atoms. The van der Waals surface area contributed by atoms with Crippen molar-refractivity contribution in [2.75, 3.05) is 4.72 Å². The number of para-hydroxylation sites is 2. The normalized spacial score (nSPS) is 11.7. The summed E-state index contributed by atoms with van der Waals surface area (Å²) in [4.78, 5) is 4.53. The van der Waals surface area contributed by atoms with Crippen molar-refractivity contribution >= 4 is 15.7 Å². The Morgan fingerprint density at radius 2 is 1.76 bits per heavy atom. The van der Waals surface area contributed by atoms with Gasteiger partial charge in [0.2, 0.25) is 0 Å². The summed E-state index contributed by atoms with van der Waals surface area (Å²) in [5.74, 6) is 1.36. The Hall–Kier alpha value is -3.46. The summed E-state index contributed by atoms with van der Waals surface area (Å²) >= 11 is 0. The third-order valence-corrected chi connectivity index (χ3v) is 5.67. The number of hydrogen-bond acceptors (Lipinski definition) is 5. The second kappa shape index (κ2) is 7.51. The van der Waals surface area contributed by atoms with Crippen LogP contribution in [0.2, 0.25) is 0 Å². The molecule has 29 heavy (non-hydrogen) atoms. The minimum atomic E-state index is -3.84. The molecule has 2 aromatic carbocycles. The monoisotopic (exact) mass is 408 g/mol. The summed E-state index contributed by atoms with van der Waals surface area (Å²) in [7, 11) is -3.84. The molecule has 8 nitrogen and oxygen atoms in total. The molecule has 0 atom stereocenters. The zero-order chi connectivity index (χ0) is 20.4. The zero-order valence-corrected chi connectivity index (χ0v) is 16.8. The third-order valence-electron chi connectivity index (χ3n) is 4.35. The van der Waals surface area contributed by atoms with Gasteiger partial charge < -0.3 is 0 Å². The Balaban J connectivity index is 1.65. The lowest BCUT2D eigenvalue weighted by Crippen LogP contribution is -2.13. The molecule has 4 rings (SSSR count). The van der Waals surface area contributed by atoms with E-state index in [-0.39, 0.29) is 10.8 Å². The van der Waals surface area contributed by atoms with E-state index < -0.39 is 10.0 Å². The number of benzene rings is 2. The Morgan fingerprint density at radius 3 is 2.48 bits per heavy atom. The molecule has 0 unspecified atom stereocenters. The number of nitrogens with zero attached hydrogens (tertiary/aromatic N) is 4. The number of nitrogens with one attached hydrogen (secondary N) is 2. The first-order valence-electron chi connectivity index (χ1n) is 9.08. The van der Waals surface area contributed by atoms with Crippen LogP contribution in [-0.4, -0.2) is 33.4 Å². The van der Waals surface area contributed by atoms with Gasteiger partial charge in [0.05, 0.1) is 23.8 Å². The van der Waals surface area contributed by atoms with Crippen LogP contribution in [0.1, 0.15) is 25.6 Å². The van der Waals surface area contributed by atoms with Crippen molar-refractivity contribution in [1.29, 1.82) is 0 Å². The van der Waals surface area contributed by atoms with Crippen molar-refractivity contribution in [1.82, 2.24) is 25.0 Å². The molecule has 0 fully saturated rings. The van der Waals surface area contributed by atoms with Crippen LogP contribution in [0.15, 0.2) is 71.9 Å². The lowest BCUT2D eigenvalue weighted by Gasteiger charge is -2.09. The number of sulfonamides is 1. The van der Waals surface area contributed by atoms with Gasteiger partial charge in [-0.25, -0.2) is 18.1 Å². The molecule has 0 aliphatic carbocycles. The number of rotatable bonds is 6. The van der Waals surface area contributed by atoms with Gasteiger partial charge in [-0.1, -0.05) is 44.2 Å². The summed E-state index contributed by atoms with van der Waals surface area (Å²) in [6.07, 6.45) is 2.80. The van der Waals surface area contributed by atoms with E-state index in [0.29, 0.717) is 17.1 Å². The number of hydrogen-bond donors (Lipinski definition) is 2. The molecule has 2 heterocycles. The van der Waals surface area contributed by atoms with Gasteiger partial charge in [0, 0.05) is 11.5 Å². The summed E-state index contributed by atoms with van der Waals surface area (Å²) in [6.45, 7) is 4.01. The number of H-pyrrole nitrogens is 1. The number of anilines is 1. The van der Waals surface area contributed by atoms with E-state index in [1.807, 2.05) is 50.2 Å². The van der Waals surface area contributed by atoms with Gasteiger partial charge in [0.25, 0.3) is 10.0 Å². The first kappa shape index (κ1) is 18.9. The third kappa shape index (κ3) is 3.90. The summed E-state index contributed by atoms with van der Waals surface area (Å²) < 4.78 is 30.0. The van der Waals surface area contributed by atoms with Crippen molar-refractivity contribution in [3.05, 3.63) is 72.8 Å². The fourth-order valence-corrected chi connectivity index (χ4v) is 3.80. The van der Waals surface area contributed by atoms with Crippen LogP contribution in [0.3, 0.4) is 0 Å². The summed E-state index contributed by atoms with van der Waals surface area (Å²) in [6, 6.07) is 16.3. The molecule has 2 aromatic heterocycles. The second-order valence-corrected chi connectivity index (χ2v) is 8.49. The maximum Gasteiger partial charge on any atom is 0.265 e. The molecular formula is C20H20N6O2S. The second-order valence-electron chi connectivity index (χ2n) is 6.81. The molecule has 0 saturated heterocycles. The molecule has 0 radical (unpaired) electrons. The standard InChI is InChI=1S/C20H20N6O2S/c1-14(2)19-22-20(24-23-19)17-10-6-7-11-18(17)25-29(27,28)16-12-21-26(13-16)15-8-4-3-5-9-15/h3-14,25H,1-2H3,(H,22,23,24). The van der Waals surface area contributed by atoms with Crippen molar-refractivity contribution in [3.63, 3.8) is 0 Å². The fourth-order valence-electron chi connectivity index (χ4n) is 2.79. The van der Waals surface area contributed by atoms with Crippen molar-refractivity contribution in [2.24, 2.45) is 0 Å². The highest BCUT2D eigenvalue weighted by Crippen LogP contribution is 2.28. The van der Waals surface area contributed by atoms with Gasteiger partial charge in [-0.2, -0.15) is 10.2 Å². The predicted octanol–water partition coefficient (Wildman–Crippen LogP) is 3.58. The van der Waals surface area contributed by atoms with Crippen molar-refractivity contribution in [3.8, 4) is 17.1 Å². The molecular weight excluding hydrogens is 388 g/mol. The SMILES string of the molecule is CC(C)c1nc(-c2ccccc2NS(=O)(=O)c2cnn(-c3ccccc3)c2)n[nH]1. The van der Waals surface area contributed by atoms with E-state index in [2.05, 4.69) is 25.0 Å². The van der Waals surface area contributed by atoms with E-state index in [1.54, 1.807) is 18.2 Å². The molecule has 148 valence electrons. The number of aromatic nitrogens is 5. The van der Waals surface area contributed by atoms with Gasteiger partial charge in [0.1, 0.15) is 10.7 Å². The van der Waals surface area contributed by atoms with Crippen LogP contribution in [0.4, 0.5) is 5.69 Å².